The zero-order valence-corrected chi connectivity index (χ0v) is 11.8. The molecule has 0 bridgehead atoms. The Hall–Kier alpha value is -0.740. The number of hydrogen-bond acceptors (Lipinski definition) is 0. The molecule has 0 aliphatic carbocycles. The lowest BCUT2D eigenvalue weighted by Gasteiger charge is -2.12. The van der Waals surface area contributed by atoms with E-state index < -0.39 is 0 Å². The van der Waals surface area contributed by atoms with Gasteiger partial charge in [0.05, 0.1) is 9.30 Å². The van der Waals surface area contributed by atoms with E-state index in [1.165, 1.54) is 12.1 Å². The number of rotatable bonds is 2. The summed E-state index contributed by atoms with van der Waals surface area (Å²) in [6, 6.07) is 11.1. The topological polar surface area (TPSA) is 0 Å². The van der Waals surface area contributed by atoms with E-state index in [1.807, 2.05) is 0 Å². The molecule has 0 radical (unpaired) electrons. The lowest BCUT2D eigenvalue weighted by Crippen LogP contribution is -1.96. The van der Waals surface area contributed by atoms with Crippen LogP contribution in [0.1, 0.15) is 16.0 Å². The molecule has 2 aromatic carbocycles. The van der Waals surface area contributed by atoms with E-state index in [9.17, 15) is 8.78 Å². The van der Waals surface area contributed by atoms with Gasteiger partial charge in [-0.1, -0.05) is 40.2 Å². The molecule has 0 spiro atoms. The van der Waals surface area contributed by atoms with E-state index in [2.05, 4.69) is 31.9 Å². The fourth-order valence-corrected chi connectivity index (χ4v) is 2.58. The first-order valence-corrected chi connectivity index (χ1v) is 6.64. The SMILES string of the molecule is Fc1ccc(C(Br)c2ccccc2F)cc1Br. The van der Waals surface area contributed by atoms with Crippen LogP contribution in [0.5, 0.6) is 0 Å². The summed E-state index contributed by atoms with van der Waals surface area (Å²) >= 11 is 6.54. The molecule has 0 saturated carbocycles. The maximum Gasteiger partial charge on any atom is 0.137 e. The molecule has 0 saturated heterocycles. The molecule has 17 heavy (non-hydrogen) atoms. The molecule has 1 atom stereocenters. The molecule has 1 unspecified atom stereocenters. The maximum atomic E-state index is 13.6. The summed E-state index contributed by atoms with van der Waals surface area (Å²) in [6.45, 7) is 0. The molecule has 88 valence electrons. The van der Waals surface area contributed by atoms with Gasteiger partial charge in [-0.25, -0.2) is 8.78 Å². The van der Waals surface area contributed by atoms with Crippen LogP contribution in [0.4, 0.5) is 8.78 Å². The largest absolute Gasteiger partial charge is 0.207 e. The highest BCUT2D eigenvalue weighted by Crippen LogP contribution is 2.34. The Morgan fingerprint density at radius 2 is 1.65 bits per heavy atom. The minimum atomic E-state index is -0.331. The molecule has 0 nitrogen and oxygen atoms in total. The lowest BCUT2D eigenvalue weighted by atomic mass is 10.0. The summed E-state index contributed by atoms with van der Waals surface area (Å²) in [6.07, 6.45) is 0. The lowest BCUT2D eigenvalue weighted by molar-refractivity contribution is 0.612. The second-order valence-electron chi connectivity index (χ2n) is 3.56. The molecule has 4 heteroatoms. The third kappa shape index (κ3) is 2.75. The van der Waals surface area contributed by atoms with Crippen molar-refractivity contribution < 1.29 is 8.78 Å². The standard InChI is InChI=1S/C13H8Br2F2/c14-10-7-8(5-6-12(10)17)13(15)9-3-1-2-4-11(9)16/h1-7,13H. The second-order valence-corrected chi connectivity index (χ2v) is 5.33. The fraction of sp³-hybridized carbons (Fsp3) is 0.0769. The molecule has 2 aromatic rings. The third-order valence-electron chi connectivity index (χ3n) is 2.41. The van der Waals surface area contributed by atoms with Crippen LogP contribution in [0.25, 0.3) is 0 Å². The minimum absolute atomic E-state index is 0.283. The first-order valence-electron chi connectivity index (χ1n) is 4.93. The van der Waals surface area contributed by atoms with Crippen molar-refractivity contribution in [2.45, 2.75) is 4.83 Å². The van der Waals surface area contributed by atoms with Crippen LogP contribution in [0, 0.1) is 11.6 Å². The Balaban J connectivity index is 2.40. The molecule has 0 amide bonds. The second kappa shape index (κ2) is 5.27. The van der Waals surface area contributed by atoms with Gasteiger partial charge in [-0.05, 0) is 39.7 Å². The van der Waals surface area contributed by atoms with Gasteiger partial charge in [0.2, 0.25) is 0 Å². The summed E-state index contributed by atoms with van der Waals surface area (Å²) in [4.78, 5) is -0.291. The zero-order valence-electron chi connectivity index (χ0n) is 8.63. The van der Waals surface area contributed by atoms with Gasteiger partial charge in [0, 0.05) is 5.56 Å². The zero-order chi connectivity index (χ0) is 12.4. The Labute approximate surface area is 115 Å². The van der Waals surface area contributed by atoms with Crippen molar-refractivity contribution in [3.8, 4) is 0 Å². The molecule has 0 aliphatic heterocycles. The van der Waals surface area contributed by atoms with Gasteiger partial charge in [-0.2, -0.15) is 0 Å². The van der Waals surface area contributed by atoms with Crippen molar-refractivity contribution in [2.75, 3.05) is 0 Å². The Kier molecular flexibility index (Phi) is 3.94. The van der Waals surface area contributed by atoms with E-state index in [1.54, 1.807) is 30.3 Å². The molecule has 0 heterocycles. The van der Waals surface area contributed by atoms with Gasteiger partial charge >= 0.3 is 0 Å². The summed E-state index contributed by atoms with van der Waals surface area (Å²) < 4.78 is 27.1. The molecule has 0 aromatic heterocycles. The van der Waals surface area contributed by atoms with Crippen molar-refractivity contribution in [1.29, 1.82) is 0 Å². The summed E-state index contributed by atoms with van der Waals surface area (Å²) in [5.41, 5.74) is 1.33. The molecule has 0 N–H and O–H groups in total. The van der Waals surface area contributed by atoms with Gasteiger partial charge < -0.3 is 0 Å². The van der Waals surface area contributed by atoms with Crippen molar-refractivity contribution >= 4 is 31.9 Å². The highest BCUT2D eigenvalue weighted by Gasteiger charge is 2.15. The predicted octanol–water partition coefficient (Wildman–Crippen LogP) is 5.21. The normalized spacial score (nSPS) is 12.5. The fourth-order valence-electron chi connectivity index (χ4n) is 1.53. The van der Waals surface area contributed by atoms with Crippen LogP contribution in [-0.4, -0.2) is 0 Å². The Morgan fingerprint density at radius 3 is 2.29 bits per heavy atom. The first kappa shape index (κ1) is 12.7. The number of benzene rings is 2. The van der Waals surface area contributed by atoms with Crippen LogP contribution in [0.3, 0.4) is 0 Å². The van der Waals surface area contributed by atoms with Gasteiger partial charge in [0.15, 0.2) is 0 Å². The summed E-state index contributed by atoms with van der Waals surface area (Å²) in [5, 5.41) is 0. The van der Waals surface area contributed by atoms with Crippen LogP contribution >= 0.6 is 31.9 Å². The van der Waals surface area contributed by atoms with E-state index in [4.69, 9.17) is 0 Å². The minimum Gasteiger partial charge on any atom is -0.207 e. The van der Waals surface area contributed by atoms with Gasteiger partial charge in [-0.15, -0.1) is 0 Å². The predicted molar refractivity (Wildman–Crippen MR) is 71.3 cm³/mol. The van der Waals surface area contributed by atoms with E-state index in [0.717, 1.165) is 5.56 Å². The average Bonchev–Trinajstić information content (AvgIpc) is 2.32. The highest BCUT2D eigenvalue weighted by molar-refractivity contribution is 9.10. The molecular formula is C13H8Br2F2. The molecule has 2 rings (SSSR count). The van der Waals surface area contributed by atoms with Crippen LogP contribution in [0.15, 0.2) is 46.9 Å². The van der Waals surface area contributed by atoms with Crippen molar-refractivity contribution in [3.05, 3.63) is 69.7 Å². The monoisotopic (exact) mass is 360 g/mol. The van der Waals surface area contributed by atoms with Gasteiger partial charge in [0.25, 0.3) is 0 Å². The Bertz CT molecular complexity index is 541. The maximum absolute atomic E-state index is 13.6. The molecule has 0 fully saturated rings. The third-order valence-corrected chi connectivity index (χ3v) is 4.04. The van der Waals surface area contributed by atoms with E-state index >= 15 is 0 Å². The quantitative estimate of drug-likeness (QED) is 0.644. The smallest absolute Gasteiger partial charge is 0.137 e. The summed E-state index contributed by atoms with van der Waals surface area (Å²) in [5.74, 6) is -0.614. The van der Waals surface area contributed by atoms with Crippen molar-refractivity contribution in [3.63, 3.8) is 0 Å². The number of halogens is 4. The van der Waals surface area contributed by atoms with E-state index in [0.29, 0.717) is 10.0 Å². The van der Waals surface area contributed by atoms with Gasteiger partial charge in [-0.3, -0.25) is 0 Å². The molecule has 0 aliphatic rings. The van der Waals surface area contributed by atoms with Crippen LogP contribution < -0.4 is 0 Å². The Morgan fingerprint density at radius 1 is 0.941 bits per heavy atom. The summed E-state index contributed by atoms with van der Waals surface area (Å²) in [7, 11) is 0. The first-order chi connectivity index (χ1) is 8.09. The van der Waals surface area contributed by atoms with Crippen molar-refractivity contribution in [2.24, 2.45) is 0 Å². The molecular weight excluding hydrogens is 354 g/mol. The highest BCUT2D eigenvalue weighted by atomic mass is 79.9. The van der Waals surface area contributed by atoms with Gasteiger partial charge in [0.1, 0.15) is 11.6 Å². The number of alkyl halides is 1. The van der Waals surface area contributed by atoms with Crippen molar-refractivity contribution in [1.82, 2.24) is 0 Å². The van der Waals surface area contributed by atoms with Crippen LogP contribution in [0.2, 0.25) is 0 Å². The average molecular weight is 362 g/mol. The number of hydrogen-bond donors (Lipinski definition) is 0. The van der Waals surface area contributed by atoms with Crippen LogP contribution in [-0.2, 0) is 0 Å². The van der Waals surface area contributed by atoms with E-state index in [-0.39, 0.29) is 16.5 Å².